The molecule has 2 aromatic carbocycles. The van der Waals surface area contributed by atoms with E-state index in [-0.39, 0.29) is 41.3 Å². The van der Waals surface area contributed by atoms with Gasteiger partial charge in [-0.05, 0) is 43.7 Å². The predicted molar refractivity (Wildman–Crippen MR) is 153 cm³/mol. The Morgan fingerprint density at radius 1 is 1.10 bits per heavy atom. The van der Waals surface area contributed by atoms with Crippen LogP contribution in [0.25, 0.3) is 32.9 Å². The number of benzene rings is 2. The van der Waals surface area contributed by atoms with Crippen molar-refractivity contribution in [2.75, 3.05) is 37.7 Å². The summed E-state index contributed by atoms with van der Waals surface area (Å²) in [4.78, 5) is 18.3. The molecule has 0 amide bonds. The van der Waals surface area contributed by atoms with Gasteiger partial charge in [-0.1, -0.05) is 30.2 Å². The van der Waals surface area contributed by atoms with Crippen molar-refractivity contribution in [3.8, 4) is 35.5 Å². The van der Waals surface area contributed by atoms with Crippen LogP contribution in [0.1, 0.15) is 37.7 Å². The third-order valence-corrected chi connectivity index (χ3v) is 9.17. The first-order valence-corrected chi connectivity index (χ1v) is 14.5. The summed E-state index contributed by atoms with van der Waals surface area (Å²) in [6.45, 7) is 2.33. The van der Waals surface area contributed by atoms with Crippen molar-refractivity contribution < 1.29 is 22.6 Å². The first kappa shape index (κ1) is 25.6. The van der Waals surface area contributed by atoms with Crippen molar-refractivity contribution in [3.63, 3.8) is 0 Å². The molecule has 2 atom stereocenters. The number of anilines is 1. The molecule has 10 heteroatoms. The molecule has 214 valence electrons. The molecule has 2 saturated heterocycles. The number of fused-ring (bicyclic) bond motifs is 2. The van der Waals surface area contributed by atoms with E-state index in [0.717, 1.165) is 32.2 Å². The van der Waals surface area contributed by atoms with E-state index in [4.69, 9.17) is 20.9 Å². The molecular formula is C32H28F3N5O2. The SMILES string of the molecule is C#Cc1c(F)ccc2cccc(-c3nc4c5c(nc(OC[C@@]67CCCN6C[C@H](F)C7)nc5c3F)N(C3CC3)CCO4)c12. The van der Waals surface area contributed by atoms with Gasteiger partial charge in [0.15, 0.2) is 5.82 Å². The maximum atomic E-state index is 16.7. The average Bonchev–Trinajstić information content (AvgIpc) is 3.71. The Balaban J connectivity index is 1.31. The van der Waals surface area contributed by atoms with Gasteiger partial charge in [0.25, 0.3) is 0 Å². The van der Waals surface area contributed by atoms with Crippen LogP contribution in [0.3, 0.4) is 0 Å². The number of pyridine rings is 1. The number of ether oxygens (including phenoxy) is 2. The molecule has 4 aromatic rings. The Bertz CT molecular complexity index is 1810. The fourth-order valence-electron chi connectivity index (χ4n) is 7.09. The van der Waals surface area contributed by atoms with Crippen LogP contribution in [-0.2, 0) is 0 Å². The van der Waals surface area contributed by atoms with E-state index >= 15 is 4.39 Å². The Kier molecular flexibility index (Phi) is 5.77. The first-order valence-electron chi connectivity index (χ1n) is 14.5. The number of rotatable bonds is 5. The van der Waals surface area contributed by atoms with Gasteiger partial charge in [-0.25, -0.2) is 18.2 Å². The highest BCUT2D eigenvalue weighted by Crippen LogP contribution is 2.45. The maximum absolute atomic E-state index is 16.7. The second-order valence-corrected chi connectivity index (χ2v) is 11.7. The Morgan fingerprint density at radius 2 is 1.98 bits per heavy atom. The molecule has 3 aliphatic heterocycles. The zero-order valence-corrected chi connectivity index (χ0v) is 22.9. The Hall–Kier alpha value is -4.10. The molecule has 1 saturated carbocycles. The molecule has 42 heavy (non-hydrogen) atoms. The summed E-state index contributed by atoms with van der Waals surface area (Å²) in [5.41, 5.74) is -0.0695. The minimum absolute atomic E-state index is 0.00813. The summed E-state index contributed by atoms with van der Waals surface area (Å²) in [5, 5.41) is 1.42. The lowest BCUT2D eigenvalue weighted by atomic mass is 9.95. The summed E-state index contributed by atoms with van der Waals surface area (Å²) in [5.74, 6) is 1.88. The second-order valence-electron chi connectivity index (χ2n) is 11.7. The van der Waals surface area contributed by atoms with E-state index in [9.17, 15) is 8.78 Å². The Morgan fingerprint density at radius 3 is 2.81 bits per heavy atom. The number of alkyl halides is 1. The third-order valence-electron chi connectivity index (χ3n) is 9.17. The Labute approximate surface area is 240 Å². The molecule has 0 spiro atoms. The van der Waals surface area contributed by atoms with Crippen molar-refractivity contribution in [1.82, 2.24) is 19.9 Å². The van der Waals surface area contributed by atoms with Gasteiger partial charge in [0, 0.05) is 30.0 Å². The lowest BCUT2D eigenvalue weighted by Gasteiger charge is -2.31. The van der Waals surface area contributed by atoms with Crippen molar-refractivity contribution in [2.45, 2.75) is 49.9 Å². The zero-order chi connectivity index (χ0) is 28.6. The molecule has 1 aliphatic carbocycles. The monoisotopic (exact) mass is 571 g/mol. The third kappa shape index (κ3) is 3.90. The molecule has 4 aliphatic rings. The highest BCUT2D eigenvalue weighted by molar-refractivity contribution is 6.03. The molecule has 5 heterocycles. The molecule has 0 radical (unpaired) electrons. The van der Waals surface area contributed by atoms with Gasteiger partial charge in [0.2, 0.25) is 5.88 Å². The van der Waals surface area contributed by atoms with Gasteiger partial charge >= 0.3 is 6.01 Å². The lowest BCUT2D eigenvalue weighted by Crippen LogP contribution is -2.43. The van der Waals surface area contributed by atoms with Crippen molar-refractivity contribution in [2.24, 2.45) is 0 Å². The quantitative estimate of drug-likeness (QED) is 0.297. The number of terminal acetylenes is 1. The van der Waals surface area contributed by atoms with E-state index in [2.05, 4.69) is 25.7 Å². The largest absolute Gasteiger partial charge is 0.475 e. The van der Waals surface area contributed by atoms with Crippen molar-refractivity contribution >= 4 is 27.5 Å². The number of halogens is 3. The zero-order valence-electron chi connectivity index (χ0n) is 22.9. The van der Waals surface area contributed by atoms with Crippen LogP contribution in [0, 0.1) is 24.0 Å². The van der Waals surface area contributed by atoms with Crippen LogP contribution in [0.2, 0.25) is 0 Å². The lowest BCUT2D eigenvalue weighted by molar-refractivity contribution is 0.107. The van der Waals surface area contributed by atoms with E-state index in [1.54, 1.807) is 24.3 Å². The first-order chi connectivity index (χ1) is 20.5. The molecular weight excluding hydrogens is 543 g/mol. The number of hydrogen-bond acceptors (Lipinski definition) is 7. The minimum atomic E-state index is -0.898. The summed E-state index contributed by atoms with van der Waals surface area (Å²) in [6.07, 6.45) is 9.00. The van der Waals surface area contributed by atoms with Gasteiger partial charge in [-0.2, -0.15) is 9.97 Å². The highest BCUT2D eigenvalue weighted by Gasteiger charge is 2.49. The van der Waals surface area contributed by atoms with Crippen LogP contribution >= 0.6 is 0 Å². The molecule has 8 rings (SSSR count). The van der Waals surface area contributed by atoms with Gasteiger partial charge in [0.05, 0.1) is 17.6 Å². The second kappa shape index (κ2) is 9.46. The van der Waals surface area contributed by atoms with Crippen LogP contribution in [0.4, 0.5) is 19.0 Å². The number of aromatic nitrogens is 3. The molecule has 3 fully saturated rings. The standard InChI is InChI=1S/C32H28F3N5O2/c1-2-21-23(34)10-7-18-5-3-6-22(24(18)21)27-26(35)28-25-29(40(20-8-9-20)13-14-41-30(25)36-27)38-31(37-28)42-17-32-11-4-12-39(32)16-19(33)15-32/h1,3,5-7,10,19-20H,4,8-9,11-17H2/t19-,32+/m1/s1. The van der Waals surface area contributed by atoms with E-state index in [0.29, 0.717) is 53.7 Å². The summed E-state index contributed by atoms with van der Waals surface area (Å²) in [7, 11) is 0. The van der Waals surface area contributed by atoms with Gasteiger partial charge in [0.1, 0.15) is 47.6 Å². The van der Waals surface area contributed by atoms with Gasteiger partial charge in [-0.15, -0.1) is 6.42 Å². The molecule has 0 unspecified atom stereocenters. The van der Waals surface area contributed by atoms with E-state index in [1.165, 1.54) is 6.07 Å². The minimum Gasteiger partial charge on any atom is -0.475 e. The maximum Gasteiger partial charge on any atom is 0.319 e. The summed E-state index contributed by atoms with van der Waals surface area (Å²) in [6, 6.07) is 8.42. The summed E-state index contributed by atoms with van der Waals surface area (Å²) >= 11 is 0. The van der Waals surface area contributed by atoms with Crippen molar-refractivity contribution in [3.05, 3.63) is 47.5 Å². The number of nitrogens with zero attached hydrogens (tertiary/aromatic N) is 5. The molecule has 0 bridgehead atoms. The topological polar surface area (TPSA) is 63.6 Å². The average molecular weight is 572 g/mol. The van der Waals surface area contributed by atoms with Gasteiger partial charge < -0.3 is 14.4 Å². The van der Waals surface area contributed by atoms with Crippen LogP contribution < -0.4 is 14.4 Å². The van der Waals surface area contributed by atoms with E-state index in [1.807, 2.05) is 0 Å². The smallest absolute Gasteiger partial charge is 0.319 e. The molecule has 0 N–H and O–H groups in total. The van der Waals surface area contributed by atoms with Crippen LogP contribution in [0.5, 0.6) is 11.9 Å². The van der Waals surface area contributed by atoms with E-state index < -0.39 is 23.3 Å². The normalized spacial score (nSPS) is 23.6. The number of hydrogen-bond donors (Lipinski definition) is 0. The molecule has 7 nitrogen and oxygen atoms in total. The predicted octanol–water partition coefficient (Wildman–Crippen LogP) is 5.42. The fourth-order valence-corrected chi connectivity index (χ4v) is 7.09. The molecule has 2 aromatic heterocycles. The van der Waals surface area contributed by atoms with Crippen molar-refractivity contribution in [1.29, 1.82) is 0 Å². The van der Waals surface area contributed by atoms with Crippen LogP contribution in [-0.4, -0.2) is 70.5 Å². The fraction of sp³-hybridized carbons (Fsp3) is 0.406. The van der Waals surface area contributed by atoms with Gasteiger partial charge in [-0.3, -0.25) is 4.90 Å². The highest BCUT2D eigenvalue weighted by atomic mass is 19.1. The summed E-state index contributed by atoms with van der Waals surface area (Å²) < 4.78 is 58.2. The van der Waals surface area contributed by atoms with Crippen LogP contribution in [0.15, 0.2) is 30.3 Å².